The fourth-order valence-corrected chi connectivity index (χ4v) is 2.14. The second-order valence-electron chi connectivity index (χ2n) is 4.44. The molecule has 1 aromatic rings. The summed E-state index contributed by atoms with van der Waals surface area (Å²) >= 11 is 6.28. The van der Waals surface area contributed by atoms with Crippen molar-refractivity contribution in [1.29, 1.82) is 0 Å². The summed E-state index contributed by atoms with van der Waals surface area (Å²) in [6.07, 6.45) is 2.76. The topological polar surface area (TPSA) is 43.8 Å². The molecule has 1 heterocycles. The zero-order valence-corrected chi connectivity index (χ0v) is 11.4. The van der Waals surface area contributed by atoms with E-state index in [-0.39, 0.29) is 6.04 Å². The SMILES string of the molecule is CCc1nn(C)c(CC(N)C(C)CC)c1Cl. The minimum atomic E-state index is 0.155. The van der Waals surface area contributed by atoms with Gasteiger partial charge in [-0.2, -0.15) is 5.10 Å². The van der Waals surface area contributed by atoms with Crippen molar-refractivity contribution in [1.82, 2.24) is 9.78 Å². The van der Waals surface area contributed by atoms with Crippen LogP contribution in [0.15, 0.2) is 0 Å². The Labute approximate surface area is 103 Å². The maximum atomic E-state index is 6.28. The van der Waals surface area contributed by atoms with E-state index in [1.807, 2.05) is 11.7 Å². The van der Waals surface area contributed by atoms with Gasteiger partial charge in [-0.3, -0.25) is 4.68 Å². The Bertz CT molecular complexity index is 346. The maximum Gasteiger partial charge on any atom is 0.0850 e. The third kappa shape index (κ3) is 2.77. The molecule has 1 aromatic heterocycles. The van der Waals surface area contributed by atoms with Crippen LogP contribution in [-0.4, -0.2) is 15.8 Å². The summed E-state index contributed by atoms with van der Waals surface area (Å²) in [5.74, 6) is 0.510. The summed E-state index contributed by atoms with van der Waals surface area (Å²) in [5, 5.41) is 5.19. The van der Waals surface area contributed by atoms with Crippen molar-refractivity contribution in [2.75, 3.05) is 0 Å². The molecule has 4 heteroatoms. The van der Waals surface area contributed by atoms with Gasteiger partial charge in [0.1, 0.15) is 0 Å². The Kier molecular flexibility index (Phi) is 4.81. The molecule has 2 unspecified atom stereocenters. The highest BCUT2D eigenvalue weighted by Crippen LogP contribution is 2.23. The van der Waals surface area contributed by atoms with E-state index in [9.17, 15) is 0 Å². The van der Waals surface area contributed by atoms with Crippen molar-refractivity contribution in [3.8, 4) is 0 Å². The first-order valence-corrected chi connectivity index (χ1v) is 6.34. The number of hydrogen-bond donors (Lipinski definition) is 1. The van der Waals surface area contributed by atoms with Crippen LogP contribution in [0.5, 0.6) is 0 Å². The van der Waals surface area contributed by atoms with Crippen LogP contribution in [-0.2, 0) is 19.9 Å². The second-order valence-corrected chi connectivity index (χ2v) is 4.82. The smallest absolute Gasteiger partial charge is 0.0850 e. The fraction of sp³-hybridized carbons (Fsp3) is 0.750. The van der Waals surface area contributed by atoms with Crippen LogP contribution in [0.2, 0.25) is 5.02 Å². The highest BCUT2D eigenvalue weighted by Gasteiger charge is 2.18. The van der Waals surface area contributed by atoms with E-state index in [1.54, 1.807) is 0 Å². The third-order valence-corrected chi connectivity index (χ3v) is 3.74. The van der Waals surface area contributed by atoms with Crippen LogP contribution in [0.25, 0.3) is 0 Å². The Morgan fingerprint density at radius 3 is 2.50 bits per heavy atom. The van der Waals surface area contributed by atoms with Crippen molar-refractivity contribution in [3.63, 3.8) is 0 Å². The molecule has 0 saturated carbocycles. The van der Waals surface area contributed by atoms with Gasteiger partial charge >= 0.3 is 0 Å². The Balaban J connectivity index is 2.84. The van der Waals surface area contributed by atoms with Crippen LogP contribution >= 0.6 is 11.6 Å². The molecule has 0 amide bonds. The van der Waals surface area contributed by atoms with Gasteiger partial charge in [0.2, 0.25) is 0 Å². The number of nitrogens with two attached hydrogens (primary N) is 1. The molecule has 0 saturated heterocycles. The maximum absolute atomic E-state index is 6.28. The highest BCUT2D eigenvalue weighted by atomic mass is 35.5. The van der Waals surface area contributed by atoms with Crippen LogP contribution in [0, 0.1) is 5.92 Å². The minimum absolute atomic E-state index is 0.155. The van der Waals surface area contributed by atoms with E-state index in [2.05, 4.69) is 25.9 Å². The summed E-state index contributed by atoms with van der Waals surface area (Å²) < 4.78 is 1.86. The van der Waals surface area contributed by atoms with E-state index in [0.29, 0.717) is 5.92 Å². The van der Waals surface area contributed by atoms with Crippen LogP contribution < -0.4 is 5.73 Å². The number of aromatic nitrogens is 2. The normalized spacial score (nSPS) is 15.1. The van der Waals surface area contributed by atoms with E-state index < -0.39 is 0 Å². The molecule has 0 spiro atoms. The zero-order chi connectivity index (χ0) is 12.3. The molecule has 2 N–H and O–H groups in total. The first-order chi connectivity index (χ1) is 7.51. The Morgan fingerprint density at radius 1 is 1.44 bits per heavy atom. The summed E-state index contributed by atoms with van der Waals surface area (Å²) in [5.41, 5.74) is 8.18. The van der Waals surface area contributed by atoms with Crippen LogP contribution in [0.4, 0.5) is 0 Å². The van der Waals surface area contributed by atoms with Gasteiger partial charge in [-0.05, 0) is 12.3 Å². The first-order valence-electron chi connectivity index (χ1n) is 5.97. The number of aryl methyl sites for hydroxylation is 2. The van der Waals surface area contributed by atoms with Crippen LogP contribution in [0.3, 0.4) is 0 Å². The lowest BCUT2D eigenvalue weighted by molar-refractivity contribution is 0.431. The average molecular weight is 244 g/mol. The molecule has 0 aliphatic heterocycles. The van der Waals surface area contributed by atoms with E-state index >= 15 is 0 Å². The van der Waals surface area contributed by atoms with Gasteiger partial charge in [-0.25, -0.2) is 0 Å². The van der Waals surface area contributed by atoms with E-state index in [1.165, 1.54) is 0 Å². The molecule has 0 bridgehead atoms. The molecule has 0 aromatic carbocycles. The Morgan fingerprint density at radius 2 is 2.06 bits per heavy atom. The van der Waals surface area contributed by atoms with Crippen molar-refractivity contribution < 1.29 is 0 Å². The molecule has 3 nitrogen and oxygen atoms in total. The second kappa shape index (κ2) is 5.69. The van der Waals surface area contributed by atoms with Crippen LogP contribution in [0.1, 0.15) is 38.6 Å². The standard InChI is InChI=1S/C12H22ClN3/c1-5-8(3)9(14)7-11-12(13)10(6-2)15-16(11)4/h8-9H,5-7,14H2,1-4H3. The van der Waals surface area contributed by atoms with Crippen molar-refractivity contribution in [2.24, 2.45) is 18.7 Å². The summed E-state index contributed by atoms with van der Waals surface area (Å²) in [4.78, 5) is 0. The van der Waals surface area contributed by atoms with Gasteiger partial charge in [0.05, 0.1) is 16.4 Å². The molecule has 2 atom stereocenters. The average Bonchev–Trinajstić information content (AvgIpc) is 2.55. The third-order valence-electron chi connectivity index (χ3n) is 3.31. The number of hydrogen-bond acceptors (Lipinski definition) is 2. The molecule has 16 heavy (non-hydrogen) atoms. The van der Waals surface area contributed by atoms with Gasteiger partial charge < -0.3 is 5.73 Å². The van der Waals surface area contributed by atoms with E-state index in [0.717, 1.165) is 35.7 Å². The molecule has 0 fully saturated rings. The lowest BCUT2D eigenvalue weighted by Gasteiger charge is -2.18. The van der Waals surface area contributed by atoms with Gasteiger partial charge in [-0.1, -0.05) is 38.8 Å². The first kappa shape index (κ1) is 13.5. The zero-order valence-electron chi connectivity index (χ0n) is 10.6. The monoisotopic (exact) mass is 243 g/mol. The lowest BCUT2D eigenvalue weighted by Crippen LogP contribution is -2.31. The number of rotatable bonds is 5. The summed E-state index contributed by atoms with van der Waals surface area (Å²) in [6, 6.07) is 0.155. The number of halogens is 1. The van der Waals surface area contributed by atoms with Gasteiger partial charge in [0.25, 0.3) is 0 Å². The molecular formula is C12H22ClN3. The summed E-state index contributed by atoms with van der Waals surface area (Å²) in [6.45, 7) is 6.40. The Hall–Kier alpha value is -0.540. The molecule has 0 radical (unpaired) electrons. The molecule has 1 rings (SSSR count). The quantitative estimate of drug-likeness (QED) is 0.864. The summed E-state index contributed by atoms with van der Waals surface area (Å²) in [7, 11) is 1.93. The van der Waals surface area contributed by atoms with Gasteiger partial charge in [0, 0.05) is 19.5 Å². The fourth-order valence-electron chi connectivity index (χ4n) is 1.77. The van der Waals surface area contributed by atoms with Gasteiger partial charge in [-0.15, -0.1) is 0 Å². The predicted octanol–water partition coefficient (Wildman–Crippen LogP) is 2.55. The van der Waals surface area contributed by atoms with Crippen molar-refractivity contribution in [2.45, 2.75) is 46.1 Å². The highest BCUT2D eigenvalue weighted by molar-refractivity contribution is 6.31. The molecule has 0 aliphatic rings. The molecule has 0 aliphatic carbocycles. The predicted molar refractivity (Wildman–Crippen MR) is 68.7 cm³/mol. The molecular weight excluding hydrogens is 222 g/mol. The minimum Gasteiger partial charge on any atom is -0.327 e. The van der Waals surface area contributed by atoms with Gasteiger partial charge in [0.15, 0.2) is 0 Å². The van der Waals surface area contributed by atoms with Crippen molar-refractivity contribution in [3.05, 3.63) is 16.4 Å². The van der Waals surface area contributed by atoms with Crippen molar-refractivity contribution >= 4 is 11.6 Å². The largest absolute Gasteiger partial charge is 0.327 e. The van der Waals surface area contributed by atoms with E-state index in [4.69, 9.17) is 17.3 Å². The molecule has 92 valence electrons. The lowest BCUT2D eigenvalue weighted by atomic mass is 9.96. The number of nitrogens with zero attached hydrogens (tertiary/aromatic N) is 2.